The van der Waals surface area contributed by atoms with Crippen molar-refractivity contribution in [3.63, 3.8) is 0 Å². The van der Waals surface area contributed by atoms with E-state index in [2.05, 4.69) is 24.5 Å². The van der Waals surface area contributed by atoms with Crippen molar-refractivity contribution in [2.45, 2.75) is 31.2 Å². The number of anilines is 2. The molecule has 2 unspecified atom stereocenters. The highest BCUT2D eigenvalue weighted by atomic mass is 32.2. The van der Waals surface area contributed by atoms with Gasteiger partial charge >= 0.3 is 0 Å². The Balaban J connectivity index is 2.36. The first-order valence-corrected chi connectivity index (χ1v) is 8.16. The normalized spacial score (nSPS) is 20.5. The van der Waals surface area contributed by atoms with Gasteiger partial charge in [0.25, 0.3) is 0 Å². The molecule has 18 heavy (non-hydrogen) atoms. The summed E-state index contributed by atoms with van der Waals surface area (Å²) in [6.07, 6.45) is 2.34. The highest BCUT2D eigenvalue weighted by Crippen LogP contribution is 2.34. The van der Waals surface area contributed by atoms with Gasteiger partial charge in [-0.05, 0) is 18.1 Å². The topological polar surface area (TPSA) is 58.2 Å². The summed E-state index contributed by atoms with van der Waals surface area (Å²) in [5.74, 6) is 0.549. The third kappa shape index (κ3) is 2.46. The average Bonchev–Trinajstić information content (AvgIpc) is 2.35. The van der Waals surface area contributed by atoms with Gasteiger partial charge in [0, 0.05) is 18.8 Å². The Hall–Kier alpha value is -1.23. The monoisotopic (exact) mass is 268 g/mol. The number of benzene rings is 1. The van der Waals surface area contributed by atoms with Gasteiger partial charge < -0.3 is 10.6 Å². The molecule has 1 aromatic carbocycles. The lowest BCUT2D eigenvalue weighted by Crippen LogP contribution is -2.38. The molecule has 2 N–H and O–H groups in total. The minimum Gasteiger partial charge on any atom is -0.380 e. The summed E-state index contributed by atoms with van der Waals surface area (Å²) >= 11 is 0. The number of hydrogen-bond donors (Lipinski definition) is 2. The van der Waals surface area contributed by atoms with Crippen molar-refractivity contribution in [1.82, 2.24) is 0 Å². The third-order valence-electron chi connectivity index (χ3n) is 3.60. The zero-order valence-corrected chi connectivity index (χ0v) is 11.8. The molecule has 0 aromatic heterocycles. The number of fused-ring (bicyclic) bond motifs is 1. The summed E-state index contributed by atoms with van der Waals surface area (Å²) in [5, 5.41) is 6.69. The molecule has 0 radical (unpaired) electrons. The van der Waals surface area contributed by atoms with Crippen LogP contribution in [0, 0.1) is 5.92 Å². The second-order valence-electron chi connectivity index (χ2n) is 4.97. The highest BCUT2D eigenvalue weighted by molar-refractivity contribution is 7.90. The minimum absolute atomic E-state index is 0.345. The Labute approximate surface area is 109 Å². The van der Waals surface area contributed by atoms with Gasteiger partial charge in [-0.15, -0.1) is 0 Å². The van der Waals surface area contributed by atoms with Crippen LogP contribution in [-0.2, 0) is 9.84 Å². The van der Waals surface area contributed by atoms with E-state index in [0.29, 0.717) is 22.5 Å². The Morgan fingerprint density at radius 3 is 2.78 bits per heavy atom. The summed E-state index contributed by atoms with van der Waals surface area (Å²) < 4.78 is 23.4. The number of sulfone groups is 1. The van der Waals surface area contributed by atoms with Gasteiger partial charge in [-0.2, -0.15) is 0 Å². The van der Waals surface area contributed by atoms with Gasteiger partial charge in [-0.25, -0.2) is 8.42 Å². The SMILES string of the molecule is CCC(C)C1CNc2c(cccc2S(C)(=O)=O)N1. The third-order valence-corrected chi connectivity index (χ3v) is 4.74. The van der Waals surface area contributed by atoms with E-state index in [9.17, 15) is 8.42 Å². The van der Waals surface area contributed by atoms with Gasteiger partial charge in [0.15, 0.2) is 9.84 Å². The van der Waals surface area contributed by atoms with Gasteiger partial charge in [0.1, 0.15) is 0 Å². The van der Waals surface area contributed by atoms with Crippen molar-refractivity contribution in [2.75, 3.05) is 23.4 Å². The molecule has 4 nitrogen and oxygen atoms in total. The fourth-order valence-corrected chi connectivity index (χ4v) is 3.11. The molecule has 0 saturated heterocycles. The Morgan fingerprint density at radius 2 is 2.17 bits per heavy atom. The van der Waals surface area contributed by atoms with Crippen LogP contribution in [-0.4, -0.2) is 27.3 Å². The molecule has 1 aliphatic rings. The van der Waals surface area contributed by atoms with E-state index in [-0.39, 0.29) is 0 Å². The second kappa shape index (κ2) is 4.80. The van der Waals surface area contributed by atoms with Crippen LogP contribution in [0.4, 0.5) is 11.4 Å². The predicted molar refractivity (Wildman–Crippen MR) is 74.9 cm³/mol. The van der Waals surface area contributed by atoms with E-state index in [1.165, 1.54) is 6.26 Å². The maximum Gasteiger partial charge on any atom is 0.177 e. The molecular formula is C13H20N2O2S. The predicted octanol–water partition coefficient (Wildman–Crippen LogP) is 2.34. The van der Waals surface area contributed by atoms with Crippen molar-refractivity contribution >= 4 is 21.2 Å². The van der Waals surface area contributed by atoms with Crippen LogP contribution < -0.4 is 10.6 Å². The van der Waals surface area contributed by atoms with Crippen molar-refractivity contribution in [3.05, 3.63) is 18.2 Å². The van der Waals surface area contributed by atoms with E-state index < -0.39 is 9.84 Å². The Morgan fingerprint density at radius 1 is 1.44 bits per heavy atom. The number of nitrogens with one attached hydrogen (secondary N) is 2. The van der Waals surface area contributed by atoms with E-state index in [1.807, 2.05) is 6.07 Å². The lowest BCUT2D eigenvalue weighted by molar-refractivity contribution is 0.477. The first-order chi connectivity index (χ1) is 8.43. The summed E-state index contributed by atoms with van der Waals surface area (Å²) in [6, 6.07) is 5.69. The van der Waals surface area contributed by atoms with Gasteiger partial charge in [-0.1, -0.05) is 26.3 Å². The molecule has 0 amide bonds. The summed E-state index contributed by atoms with van der Waals surface area (Å²) in [5.41, 5.74) is 1.59. The fourth-order valence-electron chi connectivity index (χ4n) is 2.23. The van der Waals surface area contributed by atoms with Crippen molar-refractivity contribution in [3.8, 4) is 0 Å². The van der Waals surface area contributed by atoms with Gasteiger partial charge in [-0.3, -0.25) is 0 Å². The molecule has 0 fully saturated rings. The van der Waals surface area contributed by atoms with Crippen LogP contribution >= 0.6 is 0 Å². The Kier molecular flexibility index (Phi) is 3.52. The largest absolute Gasteiger partial charge is 0.380 e. The minimum atomic E-state index is -3.19. The zero-order valence-electron chi connectivity index (χ0n) is 11.0. The van der Waals surface area contributed by atoms with Crippen molar-refractivity contribution < 1.29 is 8.42 Å². The first kappa shape index (κ1) is 13.2. The van der Waals surface area contributed by atoms with Crippen LogP contribution in [0.1, 0.15) is 20.3 Å². The standard InChI is InChI=1S/C13H20N2O2S/c1-4-9(2)11-8-14-13-10(15-11)6-5-7-12(13)18(3,16)17/h5-7,9,11,14-15H,4,8H2,1-3H3. The molecule has 2 rings (SSSR count). The highest BCUT2D eigenvalue weighted by Gasteiger charge is 2.25. The van der Waals surface area contributed by atoms with Gasteiger partial charge in [0.05, 0.1) is 16.3 Å². The Bertz CT molecular complexity index is 540. The molecule has 1 aliphatic heterocycles. The zero-order chi connectivity index (χ0) is 13.3. The molecule has 100 valence electrons. The maximum absolute atomic E-state index is 11.7. The fraction of sp³-hybridized carbons (Fsp3) is 0.538. The summed E-state index contributed by atoms with van der Waals surface area (Å²) in [6.45, 7) is 5.12. The first-order valence-electron chi connectivity index (χ1n) is 6.27. The lowest BCUT2D eigenvalue weighted by Gasteiger charge is -2.32. The number of rotatable bonds is 3. The van der Waals surface area contributed by atoms with Crippen LogP contribution in [0.5, 0.6) is 0 Å². The van der Waals surface area contributed by atoms with E-state index >= 15 is 0 Å². The number of para-hydroxylation sites is 1. The van der Waals surface area contributed by atoms with E-state index in [4.69, 9.17) is 0 Å². The molecular weight excluding hydrogens is 248 g/mol. The molecule has 0 spiro atoms. The molecule has 0 saturated carbocycles. The summed E-state index contributed by atoms with van der Waals surface area (Å²) in [4.78, 5) is 0.370. The molecule has 1 heterocycles. The quantitative estimate of drug-likeness (QED) is 0.883. The van der Waals surface area contributed by atoms with Crippen LogP contribution in [0.2, 0.25) is 0 Å². The smallest absolute Gasteiger partial charge is 0.177 e. The molecule has 2 atom stereocenters. The van der Waals surface area contributed by atoms with E-state index in [0.717, 1.165) is 18.7 Å². The van der Waals surface area contributed by atoms with E-state index in [1.54, 1.807) is 12.1 Å². The lowest BCUT2D eigenvalue weighted by atomic mass is 9.97. The maximum atomic E-state index is 11.7. The van der Waals surface area contributed by atoms with Crippen LogP contribution in [0.15, 0.2) is 23.1 Å². The second-order valence-corrected chi connectivity index (χ2v) is 6.95. The molecule has 0 aliphatic carbocycles. The molecule has 1 aromatic rings. The van der Waals surface area contributed by atoms with Crippen LogP contribution in [0.25, 0.3) is 0 Å². The number of hydrogen-bond acceptors (Lipinski definition) is 4. The van der Waals surface area contributed by atoms with Gasteiger partial charge in [0.2, 0.25) is 0 Å². The summed E-state index contributed by atoms with van der Waals surface area (Å²) in [7, 11) is -3.19. The molecule has 0 bridgehead atoms. The molecule has 5 heteroatoms. The van der Waals surface area contributed by atoms with Crippen LogP contribution in [0.3, 0.4) is 0 Å². The average molecular weight is 268 g/mol. The van der Waals surface area contributed by atoms with Crippen molar-refractivity contribution in [2.24, 2.45) is 5.92 Å². The van der Waals surface area contributed by atoms with Crippen molar-refractivity contribution in [1.29, 1.82) is 0 Å².